The van der Waals surface area contributed by atoms with Crippen molar-refractivity contribution in [2.45, 2.75) is 0 Å². The predicted molar refractivity (Wildman–Crippen MR) is 121 cm³/mol. The number of aromatic amines is 1. The number of aromatic nitrogens is 3. The normalized spacial score (nSPS) is 14.8. The van der Waals surface area contributed by atoms with Gasteiger partial charge in [-0.2, -0.15) is 5.10 Å². The molecule has 1 N–H and O–H groups in total. The minimum atomic E-state index is -0.776. The summed E-state index contributed by atoms with van der Waals surface area (Å²) in [6.07, 6.45) is 1.77. The number of rotatable bonds is 4. The average molecular weight is 435 g/mol. The van der Waals surface area contributed by atoms with Crippen LogP contribution in [-0.2, 0) is 0 Å². The van der Waals surface area contributed by atoms with Gasteiger partial charge in [0, 0.05) is 54.6 Å². The minimum Gasteiger partial charge on any atom is -0.491 e. The van der Waals surface area contributed by atoms with Crippen LogP contribution in [-0.4, -0.2) is 60.4 Å². The number of likely N-dealkylation sites (N-methyl/N-ethyl adjacent to an activating group) is 1. The number of fused-ring (bicyclic) bond motifs is 1. The average Bonchev–Trinajstić information content (AvgIpc) is 3.23. The van der Waals surface area contributed by atoms with Crippen molar-refractivity contribution >= 4 is 16.7 Å². The molecule has 0 unspecified atom stereocenters. The van der Waals surface area contributed by atoms with Gasteiger partial charge in [-0.25, -0.2) is 13.8 Å². The fraction of sp³-hybridized carbons (Fsp3) is 0.250. The van der Waals surface area contributed by atoms with Gasteiger partial charge in [-0.05, 0) is 42.9 Å². The molecule has 4 aromatic rings. The van der Waals surface area contributed by atoms with E-state index in [1.54, 1.807) is 6.20 Å². The van der Waals surface area contributed by atoms with Crippen molar-refractivity contribution in [3.05, 3.63) is 60.3 Å². The molecule has 3 heterocycles. The van der Waals surface area contributed by atoms with Gasteiger partial charge in [0.15, 0.2) is 23.0 Å². The Morgan fingerprint density at radius 3 is 2.25 bits per heavy atom. The van der Waals surface area contributed by atoms with E-state index in [0.717, 1.165) is 37.3 Å². The molecular weight excluding hydrogens is 412 g/mol. The van der Waals surface area contributed by atoms with E-state index in [0.29, 0.717) is 22.3 Å². The van der Waals surface area contributed by atoms with E-state index in [9.17, 15) is 8.78 Å². The van der Waals surface area contributed by atoms with Crippen LogP contribution in [0.4, 0.5) is 14.5 Å². The summed E-state index contributed by atoms with van der Waals surface area (Å²) in [4.78, 5) is 9.17. The molecule has 6 nitrogen and oxygen atoms in total. The van der Waals surface area contributed by atoms with Crippen LogP contribution in [0, 0.1) is 11.6 Å². The number of pyridine rings is 1. The van der Waals surface area contributed by atoms with E-state index in [4.69, 9.17) is 4.74 Å². The predicted octanol–water partition coefficient (Wildman–Crippen LogP) is 4.33. The number of H-pyrrole nitrogens is 1. The molecule has 5 rings (SSSR count). The first kappa shape index (κ1) is 20.4. The molecular formula is C24H23F2N5O. The number of anilines is 1. The first-order chi connectivity index (χ1) is 15.5. The molecule has 0 atom stereocenters. The van der Waals surface area contributed by atoms with Gasteiger partial charge in [-0.15, -0.1) is 0 Å². The summed E-state index contributed by atoms with van der Waals surface area (Å²) in [5.41, 5.74) is 4.41. The zero-order valence-corrected chi connectivity index (χ0v) is 17.9. The third-order valence-corrected chi connectivity index (χ3v) is 5.96. The van der Waals surface area contributed by atoms with Crippen LogP contribution < -0.4 is 9.64 Å². The number of halogens is 2. The van der Waals surface area contributed by atoms with Gasteiger partial charge in [0.1, 0.15) is 5.69 Å². The summed E-state index contributed by atoms with van der Waals surface area (Å²) in [6, 6.07) is 12.8. The van der Waals surface area contributed by atoms with Gasteiger partial charge in [0.05, 0.1) is 7.11 Å². The van der Waals surface area contributed by atoms with Gasteiger partial charge < -0.3 is 14.5 Å². The number of methoxy groups -OCH3 is 1. The summed E-state index contributed by atoms with van der Waals surface area (Å²) in [5, 5.41) is 7.78. The van der Waals surface area contributed by atoms with Crippen LogP contribution in [0.5, 0.6) is 5.75 Å². The fourth-order valence-electron chi connectivity index (χ4n) is 4.10. The molecule has 32 heavy (non-hydrogen) atoms. The number of nitrogens with one attached hydrogen (secondary N) is 1. The van der Waals surface area contributed by atoms with E-state index in [1.807, 2.05) is 6.07 Å². The van der Waals surface area contributed by atoms with Crippen molar-refractivity contribution in [3.8, 4) is 28.1 Å². The van der Waals surface area contributed by atoms with E-state index in [2.05, 4.69) is 56.3 Å². The molecule has 1 aliphatic heterocycles. The van der Waals surface area contributed by atoms with Gasteiger partial charge in [0.2, 0.25) is 0 Å². The van der Waals surface area contributed by atoms with Crippen LogP contribution in [0.2, 0.25) is 0 Å². The van der Waals surface area contributed by atoms with E-state index < -0.39 is 17.4 Å². The lowest BCUT2D eigenvalue weighted by molar-refractivity contribution is 0.313. The molecule has 164 valence electrons. The second-order valence-corrected chi connectivity index (χ2v) is 8.00. The third-order valence-electron chi connectivity index (χ3n) is 5.96. The van der Waals surface area contributed by atoms with E-state index in [-0.39, 0.29) is 0 Å². The number of hydrogen-bond donors (Lipinski definition) is 1. The van der Waals surface area contributed by atoms with Crippen molar-refractivity contribution in [2.24, 2.45) is 0 Å². The highest BCUT2D eigenvalue weighted by Gasteiger charge is 2.17. The highest BCUT2D eigenvalue weighted by atomic mass is 19.1. The van der Waals surface area contributed by atoms with Crippen LogP contribution in [0.1, 0.15) is 0 Å². The minimum absolute atomic E-state index is 0.316. The largest absolute Gasteiger partial charge is 0.491 e. The van der Waals surface area contributed by atoms with Crippen molar-refractivity contribution in [3.63, 3.8) is 0 Å². The van der Waals surface area contributed by atoms with Crippen LogP contribution in [0.3, 0.4) is 0 Å². The van der Waals surface area contributed by atoms with E-state index >= 15 is 0 Å². The number of nitrogens with zero attached hydrogens (tertiary/aromatic N) is 4. The molecule has 0 radical (unpaired) electrons. The number of piperazine rings is 1. The number of hydrogen-bond acceptors (Lipinski definition) is 5. The maximum Gasteiger partial charge on any atom is 0.190 e. The third kappa shape index (κ3) is 3.67. The second-order valence-electron chi connectivity index (χ2n) is 8.00. The van der Waals surface area contributed by atoms with Crippen molar-refractivity contribution in [2.75, 3.05) is 45.2 Å². The zero-order valence-electron chi connectivity index (χ0n) is 17.9. The van der Waals surface area contributed by atoms with Gasteiger partial charge >= 0.3 is 0 Å². The van der Waals surface area contributed by atoms with Crippen LogP contribution >= 0.6 is 0 Å². The summed E-state index contributed by atoms with van der Waals surface area (Å²) < 4.78 is 33.2. The fourth-order valence-corrected chi connectivity index (χ4v) is 4.10. The lowest BCUT2D eigenvalue weighted by atomic mass is 10.0. The molecule has 1 saturated heterocycles. The molecule has 1 fully saturated rings. The summed E-state index contributed by atoms with van der Waals surface area (Å²) in [5.74, 6) is -1.96. The quantitative estimate of drug-likeness (QED) is 0.517. The van der Waals surface area contributed by atoms with Crippen molar-refractivity contribution in [1.29, 1.82) is 0 Å². The van der Waals surface area contributed by atoms with Gasteiger partial charge in [-0.1, -0.05) is 12.1 Å². The van der Waals surface area contributed by atoms with Crippen molar-refractivity contribution in [1.82, 2.24) is 20.1 Å². The Bertz CT molecular complexity index is 1240. The first-order valence-electron chi connectivity index (χ1n) is 10.4. The lowest BCUT2D eigenvalue weighted by Crippen LogP contribution is -2.44. The molecule has 2 aromatic carbocycles. The Morgan fingerprint density at radius 1 is 0.906 bits per heavy atom. The Morgan fingerprint density at radius 2 is 1.59 bits per heavy atom. The molecule has 0 bridgehead atoms. The molecule has 8 heteroatoms. The maximum absolute atomic E-state index is 14.2. The Kier molecular flexibility index (Phi) is 5.22. The molecule has 0 spiro atoms. The van der Waals surface area contributed by atoms with Gasteiger partial charge in [-0.3, -0.25) is 5.10 Å². The maximum atomic E-state index is 14.2. The highest BCUT2D eigenvalue weighted by molar-refractivity contribution is 5.93. The first-order valence-corrected chi connectivity index (χ1v) is 10.4. The second kappa shape index (κ2) is 8.20. The SMILES string of the molecule is COc1c(F)cc(-c2n[nH]c3ncc(-c4ccc(N5CCN(C)CC5)cc4)cc23)cc1F. The molecule has 1 aliphatic rings. The molecule has 2 aromatic heterocycles. The summed E-state index contributed by atoms with van der Waals surface area (Å²) in [7, 11) is 3.37. The summed E-state index contributed by atoms with van der Waals surface area (Å²) in [6.45, 7) is 4.13. The highest BCUT2D eigenvalue weighted by Crippen LogP contribution is 2.33. The Hall–Kier alpha value is -3.52. The lowest BCUT2D eigenvalue weighted by Gasteiger charge is -2.34. The molecule has 0 amide bonds. The topological polar surface area (TPSA) is 57.3 Å². The number of benzene rings is 2. The van der Waals surface area contributed by atoms with E-state index in [1.165, 1.54) is 24.9 Å². The Labute approximate surface area is 184 Å². The van der Waals surface area contributed by atoms with Gasteiger partial charge in [0.25, 0.3) is 0 Å². The van der Waals surface area contributed by atoms with Crippen molar-refractivity contribution < 1.29 is 13.5 Å². The standard InChI is InChI=1S/C24H23F2N5O/c1-30-7-9-31(10-8-30)18-5-3-15(4-6-18)17-11-19-22(28-29-24(19)27-14-17)16-12-20(25)23(32-2)21(26)13-16/h3-6,11-14H,7-10H2,1-2H3,(H,27,28,29). The monoisotopic (exact) mass is 435 g/mol. The number of ether oxygens (including phenoxy) is 1. The van der Waals surface area contributed by atoms with Crippen LogP contribution in [0.25, 0.3) is 33.4 Å². The molecule has 0 aliphatic carbocycles. The zero-order chi connectivity index (χ0) is 22.2. The summed E-state index contributed by atoms with van der Waals surface area (Å²) >= 11 is 0. The Balaban J connectivity index is 1.48. The van der Waals surface area contributed by atoms with Crippen LogP contribution in [0.15, 0.2) is 48.7 Å². The molecule has 0 saturated carbocycles. The smallest absolute Gasteiger partial charge is 0.190 e.